The standard InChI is InChI=1S/C16H20O3/c1-3-4-6-11-16(17)19-12-14(2)18-13-15-9-7-5-8-10-15/h3-11,14H,12-13H2,1-2H3/b4-3+,11-6+. The van der Waals surface area contributed by atoms with Gasteiger partial charge in [0.2, 0.25) is 0 Å². The number of ether oxygens (including phenoxy) is 2. The third-order valence-corrected chi connectivity index (χ3v) is 2.37. The van der Waals surface area contributed by atoms with E-state index >= 15 is 0 Å². The number of benzene rings is 1. The molecule has 0 saturated heterocycles. The van der Waals surface area contributed by atoms with E-state index < -0.39 is 0 Å². The quantitative estimate of drug-likeness (QED) is 0.429. The Labute approximate surface area is 114 Å². The molecule has 102 valence electrons. The summed E-state index contributed by atoms with van der Waals surface area (Å²) in [6.45, 7) is 4.54. The summed E-state index contributed by atoms with van der Waals surface area (Å²) in [5.74, 6) is -0.353. The highest BCUT2D eigenvalue weighted by molar-refractivity contribution is 5.82. The molecular formula is C16H20O3. The number of rotatable bonds is 7. The molecule has 0 aromatic heterocycles. The van der Waals surface area contributed by atoms with E-state index in [-0.39, 0.29) is 18.7 Å². The Kier molecular flexibility index (Phi) is 7.28. The van der Waals surface area contributed by atoms with Crippen molar-refractivity contribution in [1.82, 2.24) is 0 Å². The molecule has 0 aliphatic heterocycles. The van der Waals surface area contributed by atoms with Gasteiger partial charge in [-0.2, -0.15) is 0 Å². The Bertz CT molecular complexity index is 421. The van der Waals surface area contributed by atoms with Gasteiger partial charge in [-0.05, 0) is 19.4 Å². The van der Waals surface area contributed by atoms with Crippen LogP contribution in [0.3, 0.4) is 0 Å². The maximum absolute atomic E-state index is 11.3. The summed E-state index contributed by atoms with van der Waals surface area (Å²) in [6, 6.07) is 9.90. The van der Waals surface area contributed by atoms with Crippen LogP contribution in [0, 0.1) is 0 Å². The molecule has 0 aliphatic carbocycles. The van der Waals surface area contributed by atoms with Gasteiger partial charge >= 0.3 is 5.97 Å². The Morgan fingerprint density at radius 1 is 1.26 bits per heavy atom. The molecule has 3 nitrogen and oxygen atoms in total. The highest BCUT2D eigenvalue weighted by atomic mass is 16.6. The molecule has 0 aliphatic rings. The molecule has 1 aromatic carbocycles. The van der Waals surface area contributed by atoms with Gasteiger partial charge in [0.15, 0.2) is 0 Å². The second-order valence-electron chi connectivity index (χ2n) is 4.12. The predicted molar refractivity (Wildman–Crippen MR) is 75.6 cm³/mol. The lowest BCUT2D eigenvalue weighted by Gasteiger charge is -2.12. The first-order valence-corrected chi connectivity index (χ1v) is 6.34. The minimum absolute atomic E-state index is 0.126. The first-order chi connectivity index (χ1) is 9.22. The van der Waals surface area contributed by atoms with Crippen LogP contribution in [0.2, 0.25) is 0 Å². The van der Waals surface area contributed by atoms with E-state index in [0.29, 0.717) is 6.61 Å². The summed E-state index contributed by atoms with van der Waals surface area (Å²) < 4.78 is 10.6. The molecule has 0 heterocycles. The lowest BCUT2D eigenvalue weighted by atomic mass is 10.2. The summed E-state index contributed by atoms with van der Waals surface area (Å²) in [5.41, 5.74) is 1.11. The van der Waals surface area contributed by atoms with E-state index in [9.17, 15) is 4.79 Å². The minimum atomic E-state index is -0.353. The van der Waals surface area contributed by atoms with E-state index in [2.05, 4.69) is 0 Å². The fourth-order valence-corrected chi connectivity index (χ4v) is 1.35. The number of allylic oxidation sites excluding steroid dienone is 3. The van der Waals surface area contributed by atoms with Crippen molar-refractivity contribution in [2.45, 2.75) is 26.6 Å². The van der Waals surface area contributed by atoms with Gasteiger partial charge in [0.25, 0.3) is 0 Å². The highest BCUT2D eigenvalue weighted by Crippen LogP contribution is 2.03. The summed E-state index contributed by atoms with van der Waals surface area (Å²) >= 11 is 0. The summed E-state index contributed by atoms with van der Waals surface area (Å²) in [6.07, 6.45) is 6.53. The average Bonchev–Trinajstić information content (AvgIpc) is 2.44. The van der Waals surface area contributed by atoms with Gasteiger partial charge in [0.1, 0.15) is 6.61 Å². The third kappa shape index (κ3) is 7.21. The first kappa shape index (κ1) is 15.2. The maximum atomic E-state index is 11.3. The van der Waals surface area contributed by atoms with Crippen molar-refractivity contribution in [3.63, 3.8) is 0 Å². The van der Waals surface area contributed by atoms with Gasteiger partial charge < -0.3 is 9.47 Å². The SMILES string of the molecule is C/C=C/C=C/C(=O)OCC(C)OCc1ccccc1. The number of hydrogen-bond acceptors (Lipinski definition) is 3. The van der Waals surface area contributed by atoms with Crippen LogP contribution in [0.1, 0.15) is 19.4 Å². The number of carbonyl (C=O) groups is 1. The molecule has 1 aromatic rings. The average molecular weight is 260 g/mol. The smallest absolute Gasteiger partial charge is 0.330 e. The molecule has 1 unspecified atom stereocenters. The van der Waals surface area contributed by atoms with Gasteiger partial charge in [-0.15, -0.1) is 0 Å². The normalized spacial score (nSPS) is 12.9. The van der Waals surface area contributed by atoms with E-state index in [1.165, 1.54) is 6.08 Å². The molecule has 0 amide bonds. The van der Waals surface area contributed by atoms with Crippen molar-refractivity contribution in [2.24, 2.45) is 0 Å². The maximum Gasteiger partial charge on any atom is 0.330 e. The minimum Gasteiger partial charge on any atom is -0.460 e. The fraction of sp³-hybridized carbons (Fsp3) is 0.312. The molecule has 0 bridgehead atoms. The molecular weight excluding hydrogens is 240 g/mol. The second kappa shape index (κ2) is 9.11. The van der Waals surface area contributed by atoms with Crippen LogP contribution < -0.4 is 0 Å². The van der Waals surface area contributed by atoms with Crippen molar-refractivity contribution >= 4 is 5.97 Å². The van der Waals surface area contributed by atoms with Gasteiger partial charge in [-0.25, -0.2) is 4.79 Å². The lowest BCUT2D eigenvalue weighted by molar-refractivity contribution is -0.141. The Hall–Kier alpha value is -1.87. The van der Waals surface area contributed by atoms with E-state index in [0.717, 1.165) is 5.56 Å². The number of carbonyl (C=O) groups excluding carboxylic acids is 1. The molecule has 0 radical (unpaired) electrons. The fourth-order valence-electron chi connectivity index (χ4n) is 1.35. The third-order valence-electron chi connectivity index (χ3n) is 2.37. The van der Waals surface area contributed by atoms with Crippen LogP contribution in [0.5, 0.6) is 0 Å². The highest BCUT2D eigenvalue weighted by Gasteiger charge is 2.05. The van der Waals surface area contributed by atoms with Crippen LogP contribution >= 0.6 is 0 Å². The monoisotopic (exact) mass is 260 g/mol. The molecule has 1 rings (SSSR count). The van der Waals surface area contributed by atoms with E-state index in [4.69, 9.17) is 9.47 Å². The summed E-state index contributed by atoms with van der Waals surface area (Å²) in [7, 11) is 0. The van der Waals surface area contributed by atoms with Crippen LogP contribution in [0.25, 0.3) is 0 Å². The predicted octanol–water partition coefficient (Wildman–Crippen LogP) is 3.27. The molecule has 0 saturated carbocycles. The van der Waals surface area contributed by atoms with Crippen LogP contribution in [-0.2, 0) is 20.9 Å². The zero-order valence-electron chi connectivity index (χ0n) is 11.4. The van der Waals surface area contributed by atoms with Crippen LogP contribution in [-0.4, -0.2) is 18.7 Å². The topological polar surface area (TPSA) is 35.5 Å². The van der Waals surface area contributed by atoms with Gasteiger partial charge in [0, 0.05) is 6.08 Å². The summed E-state index contributed by atoms with van der Waals surface area (Å²) in [5, 5.41) is 0. The number of hydrogen-bond donors (Lipinski definition) is 0. The van der Waals surface area contributed by atoms with E-state index in [1.807, 2.05) is 50.3 Å². The summed E-state index contributed by atoms with van der Waals surface area (Å²) in [4.78, 5) is 11.3. The van der Waals surface area contributed by atoms with Crippen molar-refractivity contribution < 1.29 is 14.3 Å². The van der Waals surface area contributed by atoms with Crippen LogP contribution in [0.4, 0.5) is 0 Å². The Morgan fingerprint density at radius 3 is 2.68 bits per heavy atom. The van der Waals surface area contributed by atoms with Crippen molar-refractivity contribution in [1.29, 1.82) is 0 Å². The second-order valence-corrected chi connectivity index (χ2v) is 4.12. The van der Waals surface area contributed by atoms with Crippen molar-refractivity contribution in [3.05, 3.63) is 60.2 Å². The molecule has 3 heteroatoms. The van der Waals surface area contributed by atoms with Gasteiger partial charge in [0.05, 0.1) is 12.7 Å². The molecule has 0 fully saturated rings. The Morgan fingerprint density at radius 2 is 2.00 bits per heavy atom. The Balaban J connectivity index is 2.21. The first-order valence-electron chi connectivity index (χ1n) is 6.34. The van der Waals surface area contributed by atoms with Crippen molar-refractivity contribution in [3.8, 4) is 0 Å². The van der Waals surface area contributed by atoms with Gasteiger partial charge in [-0.1, -0.05) is 48.6 Å². The largest absolute Gasteiger partial charge is 0.460 e. The van der Waals surface area contributed by atoms with E-state index in [1.54, 1.807) is 12.2 Å². The molecule has 1 atom stereocenters. The molecule has 19 heavy (non-hydrogen) atoms. The number of esters is 1. The lowest BCUT2D eigenvalue weighted by Crippen LogP contribution is -2.18. The van der Waals surface area contributed by atoms with Crippen molar-refractivity contribution in [2.75, 3.05) is 6.61 Å². The molecule has 0 N–H and O–H groups in total. The zero-order chi connectivity index (χ0) is 13.9. The van der Waals surface area contributed by atoms with Gasteiger partial charge in [-0.3, -0.25) is 0 Å². The zero-order valence-corrected chi connectivity index (χ0v) is 11.4. The van der Waals surface area contributed by atoms with Crippen LogP contribution in [0.15, 0.2) is 54.6 Å². The molecule has 0 spiro atoms.